The van der Waals surface area contributed by atoms with Crippen LogP contribution < -0.4 is 16.2 Å². The third-order valence-electron chi connectivity index (χ3n) is 2.16. The number of carbonyl (C=O) groups excluding carboxylic acids is 1. The molecule has 16 heavy (non-hydrogen) atoms. The number of hydrazine groups is 1. The first-order valence-electron chi connectivity index (χ1n) is 5.39. The van der Waals surface area contributed by atoms with Crippen molar-refractivity contribution < 1.29 is 4.79 Å². The summed E-state index contributed by atoms with van der Waals surface area (Å²) in [4.78, 5) is 11.8. The lowest BCUT2D eigenvalue weighted by Crippen LogP contribution is -2.30. The van der Waals surface area contributed by atoms with Crippen LogP contribution in [0.2, 0.25) is 0 Å². The van der Waals surface area contributed by atoms with Gasteiger partial charge >= 0.3 is 0 Å². The minimum absolute atomic E-state index is 0.0245. The number of aryl methyl sites for hydroxylation is 1. The molecular weight excluding hydrogens is 202 g/mol. The van der Waals surface area contributed by atoms with E-state index >= 15 is 0 Å². The van der Waals surface area contributed by atoms with E-state index in [4.69, 9.17) is 0 Å². The van der Waals surface area contributed by atoms with Gasteiger partial charge in [0.2, 0.25) is 0 Å². The summed E-state index contributed by atoms with van der Waals surface area (Å²) in [5.41, 5.74) is 8.44. The lowest BCUT2D eigenvalue weighted by atomic mass is 10.1. The molecule has 1 aromatic carbocycles. The molecule has 1 amide bonds. The molecule has 0 saturated carbocycles. The molecular formula is C12H19N3O. The van der Waals surface area contributed by atoms with Crippen molar-refractivity contribution in [3.05, 3.63) is 29.3 Å². The van der Waals surface area contributed by atoms with E-state index in [-0.39, 0.29) is 11.9 Å². The van der Waals surface area contributed by atoms with Gasteiger partial charge in [0.05, 0.1) is 0 Å². The van der Waals surface area contributed by atoms with Crippen molar-refractivity contribution in [2.45, 2.75) is 26.8 Å². The van der Waals surface area contributed by atoms with E-state index in [1.54, 1.807) is 7.05 Å². The molecule has 0 unspecified atom stereocenters. The second kappa shape index (κ2) is 5.51. The van der Waals surface area contributed by atoms with Gasteiger partial charge in [-0.3, -0.25) is 4.79 Å². The number of hydrogen-bond acceptors (Lipinski definition) is 3. The molecule has 0 saturated heterocycles. The Morgan fingerprint density at radius 2 is 2.00 bits per heavy atom. The Kier molecular flexibility index (Phi) is 4.31. The van der Waals surface area contributed by atoms with Crippen LogP contribution in [0.25, 0.3) is 0 Å². The molecule has 0 atom stereocenters. The van der Waals surface area contributed by atoms with Gasteiger partial charge in [-0.1, -0.05) is 0 Å². The average molecular weight is 221 g/mol. The maximum Gasteiger partial charge on any atom is 0.251 e. The first-order chi connectivity index (χ1) is 7.54. The Labute approximate surface area is 96.4 Å². The molecule has 0 spiro atoms. The molecule has 1 aromatic rings. The summed E-state index contributed by atoms with van der Waals surface area (Å²) in [5.74, 6) is -0.0245. The molecule has 0 aromatic heterocycles. The second-order valence-electron chi connectivity index (χ2n) is 4.03. The predicted octanol–water partition coefficient (Wildman–Crippen LogP) is 1.68. The standard InChI is InChI=1S/C12H19N3O/c1-8(2)14-12(16)11-6-5-10(15-13-4)7-9(11)3/h5-8,13,15H,1-4H3,(H,14,16). The monoisotopic (exact) mass is 221 g/mol. The lowest BCUT2D eigenvalue weighted by Gasteiger charge is -2.12. The van der Waals surface area contributed by atoms with Gasteiger partial charge in [-0.25, -0.2) is 5.43 Å². The van der Waals surface area contributed by atoms with E-state index in [2.05, 4.69) is 16.2 Å². The summed E-state index contributed by atoms with van der Waals surface area (Å²) in [7, 11) is 1.80. The summed E-state index contributed by atoms with van der Waals surface area (Å²) >= 11 is 0. The molecule has 0 heterocycles. The lowest BCUT2D eigenvalue weighted by molar-refractivity contribution is 0.0942. The highest BCUT2D eigenvalue weighted by molar-refractivity contribution is 5.96. The zero-order valence-electron chi connectivity index (χ0n) is 10.2. The van der Waals surface area contributed by atoms with Gasteiger partial charge in [0, 0.05) is 24.3 Å². The molecule has 1 rings (SSSR count). The summed E-state index contributed by atoms with van der Waals surface area (Å²) in [6.45, 7) is 5.82. The van der Waals surface area contributed by atoms with Gasteiger partial charge in [0.25, 0.3) is 5.91 Å². The minimum Gasteiger partial charge on any atom is -0.350 e. The minimum atomic E-state index is -0.0245. The van der Waals surface area contributed by atoms with E-state index in [9.17, 15) is 4.79 Å². The molecule has 4 nitrogen and oxygen atoms in total. The molecule has 0 bridgehead atoms. The van der Waals surface area contributed by atoms with Gasteiger partial charge in [-0.05, 0) is 44.5 Å². The number of rotatable bonds is 4. The molecule has 4 heteroatoms. The van der Waals surface area contributed by atoms with Gasteiger partial charge < -0.3 is 10.7 Å². The van der Waals surface area contributed by atoms with E-state index in [0.717, 1.165) is 16.8 Å². The molecule has 3 N–H and O–H groups in total. The largest absolute Gasteiger partial charge is 0.350 e. The van der Waals surface area contributed by atoms with E-state index < -0.39 is 0 Å². The highest BCUT2D eigenvalue weighted by Gasteiger charge is 2.09. The normalized spacial score (nSPS) is 10.3. The predicted molar refractivity (Wildman–Crippen MR) is 66.5 cm³/mol. The van der Waals surface area contributed by atoms with E-state index in [1.165, 1.54) is 0 Å². The molecule has 0 fully saturated rings. The van der Waals surface area contributed by atoms with Crippen LogP contribution in [0.5, 0.6) is 0 Å². The fraction of sp³-hybridized carbons (Fsp3) is 0.417. The Balaban J connectivity index is 2.86. The highest BCUT2D eigenvalue weighted by atomic mass is 16.1. The summed E-state index contributed by atoms with van der Waals surface area (Å²) < 4.78 is 0. The Bertz CT molecular complexity index is 375. The summed E-state index contributed by atoms with van der Waals surface area (Å²) in [6, 6.07) is 5.79. The smallest absolute Gasteiger partial charge is 0.251 e. The molecule has 0 aliphatic heterocycles. The number of amides is 1. The summed E-state index contributed by atoms with van der Waals surface area (Å²) in [5, 5.41) is 2.88. The van der Waals surface area contributed by atoms with Crippen molar-refractivity contribution in [2.75, 3.05) is 12.5 Å². The SMILES string of the molecule is CNNc1ccc(C(=O)NC(C)C)c(C)c1. The number of nitrogens with one attached hydrogen (secondary N) is 3. The number of hydrogen-bond donors (Lipinski definition) is 3. The van der Waals surface area contributed by atoms with Crippen LogP contribution >= 0.6 is 0 Å². The maximum atomic E-state index is 11.8. The molecule has 0 aliphatic rings. The third kappa shape index (κ3) is 3.24. The zero-order chi connectivity index (χ0) is 12.1. The van der Waals surface area contributed by atoms with Crippen LogP contribution in [0.1, 0.15) is 29.8 Å². The zero-order valence-corrected chi connectivity index (χ0v) is 10.2. The molecule has 0 radical (unpaired) electrons. The van der Waals surface area contributed by atoms with Gasteiger partial charge in [0.15, 0.2) is 0 Å². The highest BCUT2D eigenvalue weighted by Crippen LogP contribution is 2.14. The second-order valence-corrected chi connectivity index (χ2v) is 4.03. The van der Waals surface area contributed by atoms with Crippen molar-refractivity contribution in [3.8, 4) is 0 Å². The quantitative estimate of drug-likeness (QED) is 0.678. The maximum absolute atomic E-state index is 11.8. The van der Waals surface area contributed by atoms with Crippen LogP contribution in [-0.2, 0) is 0 Å². The van der Waals surface area contributed by atoms with E-state index in [0.29, 0.717) is 0 Å². The first kappa shape index (κ1) is 12.5. The van der Waals surface area contributed by atoms with Gasteiger partial charge in [0.1, 0.15) is 0 Å². The third-order valence-corrected chi connectivity index (χ3v) is 2.16. The van der Waals surface area contributed by atoms with Crippen LogP contribution in [0, 0.1) is 6.92 Å². The fourth-order valence-electron chi connectivity index (χ4n) is 1.48. The van der Waals surface area contributed by atoms with E-state index in [1.807, 2.05) is 39.0 Å². The van der Waals surface area contributed by atoms with Gasteiger partial charge in [-0.15, -0.1) is 0 Å². The van der Waals surface area contributed by atoms with Crippen molar-refractivity contribution in [1.29, 1.82) is 0 Å². The number of benzene rings is 1. The van der Waals surface area contributed by atoms with Crippen molar-refractivity contribution in [3.63, 3.8) is 0 Å². The average Bonchev–Trinajstić information content (AvgIpc) is 2.16. The topological polar surface area (TPSA) is 53.2 Å². The van der Waals surface area contributed by atoms with Crippen LogP contribution in [0.4, 0.5) is 5.69 Å². The Morgan fingerprint density at radius 1 is 1.31 bits per heavy atom. The Morgan fingerprint density at radius 3 is 2.50 bits per heavy atom. The first-order valence-corrected chi connectivity index (χ1v) is 5.39. The molecule has 0 aliphatic carbocycles. The summed E-state index contributed by atoms with van der Waals surface area (Å²) in [6.07, 6.45) is 0. The number of anilines is 1. The fourth-order valence-corrected chi connectivity index (χ4v) is 1.48. The van der Waals surface area contributed by atoms with Crippen molar-refractivity contribution in [1.82, 2.24) is 10.7 Å². The van der Waals surface area contributed by atoms with Crippen LogP contribution in [0.15, 0.2) is 18.2 Å². The van der Waals surface area contributed by atoms with Crippen LogP contribution in [0.3, 0.4) is 0 Å². The van der Waals surface area contributed by atoms with Gasteiger partial charge in [-0.2, -0.15) is 0 Å². The Hall–Kier alpha value is -1.55. The van der Waals surface area contributed by atoms with Crippen molar-refractivity contribution in [2.24, 2.45) is 0 Å². The number of carbonyl (C=O) groups is 1. The molecule has 88 valence electrons. The van der Waals surface area contributed by atoms with Crippen LogP contribution in [-0.4, -0.2) is 19.0 Å². The van der Waals surface area contributed by atoms with Crippen molar-refractivity contribution >= 4 is 11.6 Å².